The lowest BCUT2D eigenvalue weighted by Crippen LogP contribution is -2.39. The van der Waals surface area contributed by atoms with Crippen LogP contribution in [0.5, 0.6) is 0 Å². The molecule has 4 rings (SSSR count). The van der Waals surface area contributed by atoms with Crippen molar-refractivity contribution in [2.24, 2.45) is 5.41 Å². The fourth-order valence-electron chi connectivity index (χ4n) is 3.77. The van der Waals surface area contributed by atoms with Crippen molar-refractivity contribution in [2.45, 2.75) is 31.8 Å². The maximum absolute atomic E-state index is 11.5. The summed E-state index contributed by atoms with van der Waals surface area (Å²) in [5.41, 5.74) is 2.54. The molecule has 1 aromatic carbocycles. The van der Waals surface area contributed by atoms with E-state index >= 15 is 0 Å². The summed E-state index contributed by atoms with van der Waals surface area (Å²) in [6, 6.07) is 8.31. The smallest absolute Gasteiger partial charge is 0.411 e. The number of fused-ring (bicyclic) bond motifs is 2. The standard InChI is InChI=1S/C15H18N2O2/c18-14(19)17-9-12-7-15(5-6-15)10-16(12)8-11-3-1-2-4-13(11)17/h1-4,12H,5-10H2,(H,18,19). The molecule has 2 aliphatic heterocycles. The van der Waals surface area contributed by atoms with Crippen LogP contribution >= 0.6 is 0 Å². The molecular weight excluding hydrogens is 240 g/mol. The fraction of sp³-hybridized carbons (Fsp3) is 0.533. The second kappa shape index (κ2) is 3.73. The van der Waals surface area contributed by atoms with Crippen LogP contribution in [0.25, 0.3) is 0 Å². The molecule has 1 N–H and O–H groups in total. The summed E-state index contributed by atoms with van der Waals surface area (Å²) in [7, 11) is 0. The van der Waals surface area contributed by atoms with Crippen LogP contribution in [0.4, 0.5) is 10.5 Å². The molecular formula is C15H18N2O2. The number of para-hydroxylation sites is 1. The second-order valence-corrected chi connectivity index (χ2v) is 6.28. The molecule has 1 aromatic rings. The summed E-state index contributed by atoms with van der Waals surface area (Å²) in [5.74, 6) is 0. The Labute approximate surface area is 112 Å². The number of amides is 1. The van der Waals surface area contributed by atoms with Crippen molar-refractivity contribution in [3.63, 3.8) is 0 Å². The van der Waals surface area contributed by atoms with E-state index in [1.807, 2.05) is 18.2 Å². The van der Waals surface area contributed by atoms with Gasteiger partial charge in [0.05, 0.1) is 5.69 Å². The van der Waals surface area contributed by atoms with Crippen molar-refractivity contribution in [1.29, 1.82) is 0 Å². The van der Waals surface area contributed by atoms with E-state index in [0.717, 1.165) is 24.3 Å². The molecule has 100 valence electrons. The molecule has 0 bridgehead atoms. The maximum atomic E-state index is 11.5. The topological polar surface area (TPSA) is 43.8 Å². The van der Waals surface area contributed by atoms with Crippen molar-refractivity contribution in [3.05, 3.63) is 29.8 Å². The average Bonchev–Trinajstić information content (AvgIpc) is 3.07. The van der Waals surface area contributed by atoms with Crippen LogP contribution in [0.15, 0.2) is 24.3 Å². The van der Waals surface area contributed by atoms with Gasteiger partial charge in [-0.1, -0.05) is 18.2 Å². The van der Waals surface area contributed by atoms with Crippen LogP contribution in [0.1, 0.15) is 24.8 Å². The zero-order valence-corrected chi connectivity index (χ0v) is 10.9. The Morgan fingerprint density at radius 3 is 2.84 bits per heavy atom. The van der Waals surface area contributed by atoms with Crippen molar-refractivity contribution >= 4 is 11.8 Å². The van der Waals surface area contributed by atoms with E-state index in [1.165, 1.54) is 19.3 Å². The summed E-state index contributed by atoms with van der Waals surface area (Å²) in [6.45, 7) is 2.67. The van der Waals surface area contributed by atoms with Crippen molar-refractivity contribution in [2.75, 3.05) is 18.0 Å². The average molecular weight is 258 g/mol. The molecule has 19 heavy (non-hydrogen) atoms. The number of hydrogen-bond acceptors (Lipinski definition) is 2. The Balaban J connectivity index is 1.73. The number of hydrogen-bond donors (Lipinski definition) is 1. The minimum atomic E-state index is -0.828. The summed E-state index contributed by atoms with van der Waals surface area (Å²) < 4.78 is 0. The van der Waals surface area contributed by atoms with E-state index in [0.29, 0.717) is 18.0 Å². The largest absolute Gasteiger partial charge is 0.465 e. The number of rotatable bonds is 0. The molecule has 4 nitrogen and oxygen atoms in total. The van der Waals surface area contributed by atoms with Crippen molar-refractivity contribution in [1.82, 2.24) is 4.90 Å². The molecule has 1 atom stereocenters. The van der Waals surface area contributed by atoms with Gasteiger partial charge < -0.3 is 5.11 Å². The number of anilines is 1. The predicted molar refractivity (Wildman–Crippen MR) is 72.3 cm³/mol. The normalized spacial score (nSPS) is 27.8. The molecule has 2 fully saturated rings. The zero-order chi connectivity index (χ0) is 13.0. The third-order valence-electron chi connectivity index (χ3n) is 4.96. The molecule has 3 aliphatic rings. The van der Waals surface area contributed by atoms with Crippen molar-refractivity contribution in [3.8, 4) is 0 Å². The third-order valence-corrected chi connectivity index (χ3v) is 4.96. The molecule has 1 amide bonds. The minimum Gasteiger partial charge on any atom is -0.465 e. The fourth-order valence-corrected chi connectivity index (χ4v) is 3.77. The maximum Gasteiger partial charge on any atom is 0.411 e. The van der Waals surface area contributed by atoms with Crippen LogP contribution in [0, 0.1) is 5.41 Å². The van der Waals surface area contributed by atoms with Gasteiger partial charge in [-0.3, -0.25) is 9.80 Å². The van der Waals surface area contributed by atoms with Crippen LogP contribution < -0.4 is 4.90 Å². The highest BCUT2D eigenvalue weighted by molar-refractivity contribution is 5.87. The van der Waals surface area contributed by atoms with Crippen LogP contribution in [-0.4, -0.2) is 35.2 Å². The molecule has 4 heteroatoms. The van der Waals surface area contributed by atoms with Gasteiger partial charge in [-0.25, -0.2) is 4.79 Å². The molecule has 1 saturated carbocycles. The Bertz CT molecular complexity index is 539. The first kappa shape index (κ1) is 11.3. The number of benzene rings is 1. The van der Waals surface area contributed by atoms with Gasteiger partial charge >= 0.3 is 6.09 Å². The summed E-state index contributed by atoms with van der Waals surface area (Å²) in [4.78, 5) is 15.6. The third kappa shape index (κ3) is 1.74. The minimum absolute atomic E-state index is 0.394. The lowest BCUT2D eigenvalue weighted by atomic mass is 10.0. The van der Waals surface area contributed by atoms with Gasteiger partial charge in [0.1, 0.15) is 0 Å². The quantitative estimate of drug-likeness (QED) is 0.777. The van der Waals surface area contributed by atoms with E-state index in [2.05, 4.69) is 11.0 Å². The highest BCUT2D eigenvalue weighted by Crippen LogP contribution is 2.55. The first-order valence-electron chi connectivity index (χ1n) is 6.99. The van der Waals surface area contributed by atoms with E-state index in [4.69, 9.17) is 0 Å². The second-order valence-electron chi connectivity index (χ2n) is 6.28. The predicted octanol–water partition coefficient (Wildman–Crippen LogP) is 2.54. The monoisotopic (exact) mass is 258 g/mol. The van der Waals surface area contributed by atoms with E-state index in [9.17, 15) is 9.90 Å². The molecule has 1 aliphatic carbocycles. The first-order chi connectivity index (χ1) is 9.17. The van der Waals surface area contributed by atoms with Gasteiger partial charge in [0.2, 0.25) is 0 Å². The Morgan fingerprint density at radius 1 is 1.32 bits per heavy atom. The van der Waals surface area contributed by atoms with E-state index in [1.54, 1.807) is 4.90 Å². The summed E-state index contributed by atoms with van der Waals surface area (Å²) >= 11 is 0. The molecule has 1 spiro atoms. The summed E-state index contributed by atoms with van der Waals surface area (Å²) in [5, 5.41) is 9.48. The Hall–Kier alpha value is -1.55. The molecule has 2 heterocycles. The van der Waals surface area contributed by atoms with E-state index < -0.39 is 6.09 Å². The van der Waals surface area contributed by atoms with Gasteiger partial charge in [-0.2, -0.15) is 0 Å². The number of nitrogens with zero attached hydrogens (tertiary/aromatic N) is 2. The van der Waals surface area contributed by atoms with Crippen LogP contribution in [0.2, 0.25) is 0 Å². The number of carbonyl (C=O) groups is 1. The van der Waals surface area contributed by atoms with E-state index in [-0.39, 0.29) is 0 Å². The Kier molecular flexibility index (Phi) is 2.22. The van der Waals surface area contributed by atoms with Gasteiger partial charge in [0.25, 0.3) is 0 Å². The first-order valence-corrected chi connectivity index (χ1v) is 6.99. The molecule has 1 saturated heterocycles. The highest BCUT2D eigenvalue weighted by Gasteiger charge is 2.52. The summed E-state index contributed by atoms with van der Waals surface area (Å²) in [6.07, 6.45) is 3.00. The van der Waals surface area contributed by atoms with Gasteiger partial charge in [0.15, 0.2) is 0 Å². The molecule has 1 unspecified atom stereocenters. The van der Waals surface area contributed by atoms with Gasteiger partial charge in [-0.15, -0.1) is 0 Å². The van der Waals surface area contributed by atoms with Crippen LogP contribution in [-0.2, 0) is 6.54 Å². The molecule has 0 radical (unpaired) electrons. The van der Waals surface area contributed by atoms with Gasteiger partial charge in [-0.05, 0) is 36.3 Å². The zero-order valence-electron chi connectivity index (χ0n) is 10.9. The Morgan fingerprint density at radius 2 is 2.11 bits per heavy atom. The molecule has 0 aromatic heterocycles. The van der Waals surface area contributed by atoms with Gasteiger partial charge in [0, 0.05) is 25.7 Å². The number of carboxylic acid groups (broad SMARTS) is 1. The van der Waals surface area contributed by atoms with Crippen molar-refractivity contribution < 1.29 is 9.90 Å². The highest BCUT2D eigenvalue weighted by atomic mass is 16.4. The lowest BCUT2D eigenvalue weighted by molar-refractivity contribution is 0.197. The lowest BCUT2D eigenvalue weighted by Gasteiger charge is -2.23. The van der Waals surface area contributed by atoms with Crippen LogP contribution in [0.3, 0.4) is 0 Å². The SMILES string of the molecule is O=C(O)N1CC2CC3(CC3)CN2Cc2ccccc21.